The fourth-order valence-electron chi connectivity index (χ4n) is 0.939. The zero-order valence-electron chi connectivity index (χ0n) is 6.80. The molecule has 1 aromatic carbocycles. The second kappa shape index (κ2) is 3.99. The highest BCUT2D eigenvalue weighted by atomic mass is 35.5. The third-order valence-corrected chi connectivity index (χ3v) is 3.19. The predicted octanol–water partition coefficient (Wildman–Crippen LogP) is 3.49. The van der Waals surface area contributed by atoms with Crippen molar-refractivity contribution in [2.75, 3.05) is 12.4 Å². The quantitative estimate of drug-likeness (QED) is 0.741. The van der Waals surface area contributed by atoms with Crippen LogP contribution in [0.2, 0.25) is 10.0 Å². The van der Waals surface area contributed by atoms with Gasteiger partial charge < -0.3 is 4.74 Å². The summed E-state index contributed by atoms with van der Waals surface area (Å²) >= 11 is 13.6. The molecule has 0 bridgehead atoms. The Bertz CT molecular complexity index is 312. The Hall–Kier alpha value is -0.0500. The monoisotopic (exact) mass is 234 g/mol. The lowest BCUT2D eigenvalue weighted by molar-refractivity contribution is 0.330. The molecule has 1 aromatic rings. The molecule has 1 heterocycles. The van der Waals surface area contributed by atoms with Gasteiger partial charge >= 0.3 is 0 Å². The van der Waals surface area contributed by atoms with Crippen LogP contribution in [-0.2, 0) is 0 Å². The van der Waals surface area contributed by atoms with E-state index in [1.54, 1.807) is 18.2 Å². The fraction of sp³-hybridized carbons (Fsp3) is 0.333. The first-order valence-corrected chi connectivity index (χ1v) is 5.75. The minimum Gasteiger partial charge on any atom is -0.491 e. The molecular formula is C9H8Cl2OS. The first-order valence-electron chi connectivity index (χ1n) is 3.95. The van der Waals surface area contributed by atoms with E-state index in [4.69, 9.17) is 27.9 Å². The molecule has 4 heteroatoms. The molecule has 0 spiro atoms. The number of hydrogen-bond acceptors (Lipinski definition) is 2. The average molecular weight is 235 g/mol. The topological polar surface area (TPSA) is 9.23 Å². The van der Waals surface area contributed by atoms with Gasteiger partial charge in [-0.2, -0.15) is 11.8 Å². The highest BCUT2D eigenvalue weighted by Crippen LogP contribution is 2.32. The Kier molecular flexibility index (Phi) is 2.92. The second-order valence-electron chi connectivity index (χ2n) is 2.84. The van der Waals surface area contributed by atoms with Crippen LogP contribution >= 0.6 is 35.0 Å². The van der Waals surface area contributed by atoms with Gasteiger partial charge in [0.15, 0.2) is 0 Å². The second-order valence-corrected chi connectivity index (χ2v) is 5.02. The van der Waals surface area contributed by atoms with E-state index in [1.807, 2.05) is 11.8 Å². The Balaban J connectivity index is 2.01. The molecule has 0 aromatic heterocycles. The van der Waals surface area contributed by atoms with Gasteiger partial charge in [-0.05, 0) is 18.2 Å². The van der Waals surface area contributed by atoms with E-state index in [0.29, 0.717) is 15.3 Å². The third kappa shape index (κ3) is 2.70. The summed E-state index contributed by atoms with van der Waals surface area (Å²) in [5.74, 6) is 1.92. The number of rotatable bonds is 3. The van der Waals surface area contributed by atoms with Crippen molar-refractivity contribution < 1.29 is 4.74 Å². The molecule has 0 N–H and O–H groups in total. The molecule has 13 heavy (non-hydrogen) atoms. The Morgan fingerprint density at radius 1 is 1.46 bits per heavy atom. The van der Waals surface area contributed by atoms with Crippen molar-refractivity contribution in [2.45, 2.75) is 5.25 Å². The summed E-state index contributed by atoms with van der Waals surface area (Å²) < 4.78 is 5.50. The van der Waals surface area contributed by atoms with Crippen LogP contribution in [0.1, 0.15) is 0 Å². The van der Waals surface area contributed by atoms with Gasteiger partial charge in [0.05, 0.1) is 5.02 Å². The van der Waals surface area contributed by atoms with Crippen LogP contribution in [0.5, 0.6) is 5.75 Å². The maximum absolute atomic E-state index is 5.92. The first-order chi connectivity index (χ1) is 6.25. The Morgan fingerprint density at radius 2 is 2.23 bits per heavy atom. The smallest absolute Gasteiger partial charge is 0.138 e. The van der Waals surface area contributed by atoms with E-state index in [9.17, 15) is 0 Å². The molecule has 1 aliphatic rings. The summed E-state index contributed by atoms with van der Waals surface area (Å²) in [5, 5.41) is 1.88. The number of hydrogen-bond donors (Lipinski definition) is 0. The van der Waals surface area contributed by atoms with E-state index in [2.05, 4.69) is 0 Å². The molecule has 0 saturated carbocycles. The van der Waals surface area contributed by atoms with E-state index >= 15 is 0 Å². The van der Waals surface area contributed by atoms with Crippen LogP contribution in [0, 0.1) is 0 Å². The molecule has 1 aliphatic heterocycles. The minimum atomic E-state index is 0.582. The molecule has 0 radical (unpaired) electrons. The summed E-state index contributed by atoms with van der Waals surface area (Å²) in [5.41, 5.74) is 0. The molecule has 1 fully saturated rings. The van der Waals surface area contributed by atoms with Gasteiger partial charge in [-0.25, -0.2) is 0 Å². The lowest BCUT2D eigenvalue weighted by atomic mass is 10.3. The van der Waals surface area contributed by atoms with Crippen molar-refractivity contribution in [1.29, 1.82) is 0 Å². The SMILES string of the molecule is Clc1ccc(OCC2CS2)c(Cl)c1. The van der Waals surface area contributed by atoms with Crippen molar-refractivity contribution in [3.63, 3.8) is 0 Å². The van der Waals surface area contributed by atoms with Gasteiger partial charge in [0.2, 0.25) is 0 Å². The molecule has 1 unspecified atom stereocenters. The summed E-state index contributed by atoms with van der Waals surface area (Å²) in [6, 6.07) is 5.28. The Morgan fingerprint density at radius 3 is 2.85 bits per heavy atom. The first kappa shape index (κ1) is 9.50. The number of thioether (sulfide) groups is 1. The minimum absolute atomic E-state index is 0.582. The molecule has 1 saturated heterocycles. The third-order valence-electron chi connectivity index (χ3n) is 1.72. The van der Waals surface area contributed by atoms with Gasteiger partial charge in [-0.3, -0.25) is 0 Å². The highest BCUT2D eigenvalue weighted by molar-refractivity contribution is 8.06. The maximum atomic E-state index is 5.92. The summed E-state index contributed by atoms with van der Waals surface area (Å²) in [6.45, 7) is 0.742. The average Bonchev–Trinajstić information content (AvgIpc) is 2.86. The largest absolute Gasteiger partial charge is 0.491 e. The van der Waals surface area contributed by atoms with Crippen molar-refractivity contribution in [2.24, 2.45) is 0 Å². The molecule has 0 amide bonds. The van der Waals surface area contributed by atoms with Crippen LogP contribution in [0.3, 0.4) is 0 Å². The van der Waals surface area contributed by atoms with E-state index in [0.717, 1.165) is 12.4 Å². The molecule has 70 valence electrons. The van der Waals surface area contributed by atoms with Crippen LogP contribution in [0.15, 0.2) is 18.2 Å². The predicted molar refractivity (Wildman–Crippen MR) is 58.2 cm³/mol. The van der Waals surface area contributed by atoms with Crippen LogP contribution in [-0.4, -0.2) is 17.6 Å². The maximum Gasteiger partial charge on any atom is 0.138 e. The van der Waals surface area contributed by atoms with Gasteiger partial charge in [-0.15, -0.1) is 0 Å². The van der Waals surface area contributed by atoms with E-state index < -0.39 is 0 Å². The van der Waals surface area contributed by atoms with Gasteiger partial charge in [0.25, 0.3) is 0 Å². The summed E-state index contributed by atoms with van der Waals surface area (Å²) in [7, 11) is 0. The van der Waals surface area contributed by atoms with Crippen LogP contribution in [0.4, 0.5) is 0 Å². The zero-order valence-corrected chi connectivity index (χ0v) is 9.12. The van der Waals surface area contributed by atoms with Crippen molar-refractivity contribution >= 4 is 35.0 Å². The van der Waals surface area contributed by atoms with Gasteiger partial charge in [0.1, 0.15) is 12.4 Å². The van der Waals surface area contributed by atoms with Crippen molar-refractivity contribution in [3.8, 4) is 5.75 Å². The number of ether oxygens (including phenoxy) is 1. The lowest BCUT2D eigenvalue weighted by Crippen LogP contribution is -2.03. The number of benzene rings is 1. The van der Waals surface area contributed by atoms with Crippen molar-refractivity contribution in [1.82, 2.24) is 0 Å². The van der Waals surface area contributed by atoms with Gasteiger partial charge in [-0.1, -0.05) is 23.2 Å². The highest BCUT2D eigenvalue weighted by Gasteiger charge is 2.23. The molecule has 1 nitrogen and oxygen atoms in total. The molecule has 0 aliphatic carbocycles. The summed E-state index contributed by atoms with van der Waals surface area (Å²) in [6.07, 6.45) is 0. The summed E-state index contributed by atoms with van der Waals surface area (Å²) in [4.78, 5) is 0. The molecule has 2 rings (SSSR count). The zero-order chi connectivity index (χ0) is 9.26. The standard InChI is InChI=1S/C9H8Cl2OS/c10-6-1-2-9(8(11)3-6)12-4-7-5-13-7/h1-3,7H,4-5H2. The van der Waals surface area contributed by atoms with E-state index in [1.165, 1.54) is 5.75 Å². The van der Waals surface area contributed by atoms with Crippen LogP contribution in [0.25, 0.3) is 0 Å². The lowest BCUT2D eigenvalue weighted by Gasteiger charge is -2.06. The molecule has 1 atom stereocenters. The van der Waals surface area contributed by atoms with Crippen molar-refractivity contribution in [3.05, 3.63) is 28.2 Å². The van der Waals surface area contributed by atoms with E-state index in [-0.39, 0.29) is 0 Å². The molecular weight excluding hydrogens is 227 g/mol. The number of halogens is 2. The normalized spacial score (nSPS) is 20.0. The van der Waals surface area contributed by atoms with Crippen LogP contribution < -0.4 is 4.74 Å². The van der Waals surface area contributed by atoms with Gasteiger partial charge in [0, 0.05) is 16.0 Å². The Labute approximate surface area is 91.4 Å². The fourth-order valence-corrected chi connectivity index (χ4v) is 1.80.